The van der Waals surface area contributed by atoms with Crippen molar-refractivity contribution in [3.63, 3.8) is 0 Å². The van der Waals surface area contributed by atoms with Gasteiger partial charge in [-0.1, -0.05) is 158 Å². The lowest BCUT2D eigenvalue weighted by Crippen LogP contribution is -2.61. The Morgan fingerprint density at radius 3 is 1.33 bits per heavy atom. The van der Waals surface area contributed by atoms with Gasteiger partial charge in [-0.05, 0) is 130 Å². The van der Waals surface area contributed by atoms with Crippen molar-refractivity contribution < 1.29 is 0 Å². The Kier molecular flexibility index (Phi) is 9.05. The minimum Gasteiger partial charge on any atom is -0.311 e. The highest BCUT2D eigenvalue weighted by molar-refractivity contribution is 7.00. The fraction of sp³-hybridized carbons (Fsp3) is 0. The van der Waals surface area contributed by atoms with Crippen LogP contribution in [0.2, 0.25) is 0 Å². The lowest BCUT2D eigenvalue weighted by atomic mass is 9.33. The molecule has 2 aliphatic rings. The summed E-state index contributed by atoms with van der Waals surface area (Å²) in [6.45, 7) is 8.22. The van der Waals surface area contributed by atoms with Gasteiger partial charge >= 0.3 is 0 Å². The maximum Gasteiger partial charge on any atom is 0.252 e. The molecule has 73 heavy (non-hydrogen) atoms. The van der Waals surface area contributed by atoms with Crippen molar-refractivity contribution in [2.75, 3.05) is 9.80 Å². The van der Waals surface area contributed by atoms with Crippen LogP contribution in [0.3, 0.4) is 0 Å². The van der Waals surface area contributed by atoms with Crippen LogP contribution in [0.25, 0.3) is 82.1 Å². The van der Waals surface area contributed by atoms with Crippen LogP contribution in [0.1, 0.15) is 0 Å². The van der Waals surface area contributed by atoms with Crippen molar-refractivity contribution in [3.05, 3.63) is 266 Å². The number of fused-ring (bicyclic) bond motifs is 10. The number of hydrogen-bond acceptors (Lipinski definition) is 2. The average Bonchev–Trinajstić information content (AvgIpc) is 3.98. The van der Waals surface area contributed by atoms with Crippen LogP contribution < -0.4 is 26.2 Å². The first-order valence-electron chi connectivity index (χ1n) is 24.9. The minimum atomic E-state index is 0.0397. The molecule has 0 atom stereocenters. The molecular formula is C67H42BN5. The molecule has 0 amide bonds. The van der Waals surface area contributed by atoms with Crippen molar-refractivity contribution in [2.45, 2.75) is 0 Å². The van der Waals surface area contributed by atoms with E-state index < -0.39 is 0 Å². The van der Waals surface area contributed by atoms with Crippen LogP contribution in [-0.2, 0) is 0 Å². The first kappa shape index (κ1) is 41.0. The summed E-state index contributed by atoms with van der Waals surface area (Å²) in [6, 6.07) is 92.3. The molecule has 6 heteroatoms. The normalized spacial score (nSPS) is 12.6. The van der Waals surface area contributed by atoms with E-state index in [1.807, 2.05) is 6.07 Å². The molecule has 2 aromatic heterocycles. The Morgan fingerprint density at radius 2 is 0.767 bits per heavy atom. The molecule has 13 aromatic rings. The van der Waals surface area contributed by atoms with Gasteiger partial charge in [0.15, 0.2) is 5.69 Å². The Bertz CT molecular complexity index is 4260. The highest BCUT2D eigenvalue weighted by Gasteiger charge is 2.43. The van der Waals surface area contributed by atoms with Gasteiger partial charge in [-0.3, -0.25) is 0 Å². The third-order valence-corrected chi connectivity index (χ3v) is 15.3. The van der Waals surface area contributed by atoms with E-state index in [0.717, 1.165) is 67.1 Å². The zero-order chi connectivity index (χ0) is 48.1. The lowest BCUT2D eigenvalue weighted by molar-refractivity contribution is 1.16. The molecule has 5 nitrogen and oxygen atoms in total. The maximum absolute atomic E-state index is 8.18. The maximum atomic E-state index is 8.18. The van der Waals surface area contributed by atoms with E-state index in [0.29, 0.717) is 5.69 Å². The second kappa shape index (κ2) is 16.1. The van der Waals surface area contributed by atoms with Crippen molar-refractivity contribution in [1.29, 1.82) is 0 Å². The average molecular weight is 928 g/mol. The molecule has 4 heterocycles. The summed E-state index contributed by atoms with van der Waals surface area (Å²) in [4.78, 5) is 8.93. The highest BCUT2D eigenvalue weighted by atomic mass is 15.2. The molecule has 0 saturated carbocycles. The lowest BCUT2D eigenvalue weighted by Gasteiger charge is -2.44. The Morgan fingerprint density at radius 1 is 0.315 bits per heavy atom. The van der Waals surface area contributed by atoms with Crippen LogP contribution in [0, 0.1) is 6.57 Å². The molecule has 0 fully saturated rings. The molecule has 0 bridgehead atoms. The van der Waals surface area contributed by atoms with Crippen LogP contribution in [0.5, 0.6) is 0 Å². The van der Waals surface area contributed by atoms with Gasteiger partial charge in [-0.25, -0.2) is 4.85 Å². The molecule has 0 aliphatic carbocycles. The van der Waals surface area contributed by atoms with Crippen LogP contribution in [-0.4, -0.2) is 15.8 Å². The second-order valence-corrected chi connectivity index (χ2v) is 19.1. The van der Waals surface area contributed by atoms with Gasteiger partial charge in [0.25, 0.3) is 6.71 Å². The predicted octanol–water partition coefficient (Wildman–Crippen LogP) is 15.8. The van der Waals surface area contributed by atoms with E-state index in [4.69, 9.17) is 6.57 Å². The van der Waals surface area contributed by atoms with Crippen LogP contribution in [0.15, 0.2) is 255 Å². The molecule has 0 unspecified atom stereocenters. The first-order valence-corrected chi connectivity index (χ1v) is 24.9. The number of hydrogen-bond donors (Lipinski definition) is 0. The van der Waals surface area contributed by atoms with E-state index in [-0.39, 0.29) is 6.71 Å². The van der Waals surface area contributed by atoms with Gasteiger partial charge < -0.3 is 18.9 Å². The summed E-state index contributed by atoms with van der Waals surface area (Å²) in [5.74, 6) is 0. The molecule has 0 N–H and O–H groups in total. The number of aromatic nitrogens is 2. The molecule has 15 rings (SSSR count). The molecule has 11 aromatic carbocycles. The molecule has 0 radical (unpaired) electrons. The van der Waals surface area contributed by atoms with Gasteiger partial charge in [0.05, 0.1) is 40.0 Å². The Hall–Kier alpha value is -9.83. The number of rotatable bonds is 6. The van der Waals surface area contributed by atoms with E-state index in [1.165, 1.54) is 60.7 Å². The Balaban J connectivity index is 0.964. The SMILES string of the molecule is [C-]#[N+]c1ccc(-n2c3ccccc3c3ccccc32)c(-c2ccccc2-n2c3ccccc3c3cc(-c4cc5c6c(c4)N(c4ccccc4)c4ccccc4B6c4ccccc4N5c4ccccc4)ccc32)c1. The zero-order valence-electron chi connectivity index (χ0n) is 39.6. The van der Waals surface area contributed by atoms with Gasteiger partial charge in [0, 0.05) is 61.2 Å². The highest BCUT2D eigenvalue weighted by Crippen LogP contribution is 2.48. The van der Waals surface area contributed by atoms with Gasteiger partial charge in [0.2, 0.25) is 0 Å². The fourth-order valence-electron chi connectivity index (χ4n) is 12.3. The molecule has 0 spiro atoms. The summed E-state index contributed by atoms with van der Waals surface area (Å²) in [7, 11) is 0. The zero-order valence-corrected chi connectivity index (χ0v) is 39.6. The standard InChI is InChI=1S/C67H42BN5/c1-69-46-37-39-62(72-57-30-14-8-24-49(57)50-25-9-15-31-58(50)72)54(43-46)52-27-11-17-33-60(52)73-59-32-16-10-26-51(59)53-40-44(36-38-61(53)73)45-41-65-67-66(42-45)71(48-22-6-3-7-23-48)64-35-19-13-29-56(64)68(67)55-28-12-18-34-63(55)70(65)47-20-4-2-5-21-47/h2-43H. The third-order valence-electron chi connectivity index (χ3n) is 15.3. The van der Waals surface area contributed by atoms with Crippen LogP contribution in [0.4, 0.5) is 39.8 Å². The number of anilines is 6. The molecule has 0 saturated heterocycles. The monoisotopic (exact) mass is 927 g/mol. The summed E-state index contributed by atoms with van der Waals surface area (Å²) < 4.78 is 4.79. The molecular weight excluding hydrogens is 886 g/mol. The van der Waals surface area contributed by atoms with Crippen LogP contribution >= 0.6 is 0 Å². The number of benzene rings is 11. The summed E-state index contributed by atoms with van der Waals surface area (Å²) in [6.07, 6.45) is 0. The van der Waals surface area contributed by atoms with Crippen molar-refractivity contribution in [2.24, 2.45) is 0 Å². The molecule has 2 aliphatic heterocycles. The topological polar surface area (TPSA) is 20.7 Å². The van der Waals surface area contributed by atoms with Gasteiger partial charge in [0.1, 0.15) is 0 Å². The third kappa shape index (κ3) is 6.10. The largest absolute Gasteiger partial charge is 0.311 e. The number of nitrogens with zero attached hydrogens (tertiary/aromatic N) is 5. The quantitative estimate of drug-likeness (QED) is 0.122. The number of para-hydroxylation sites is 8. The Labute approximate surface area is 423 Å². The van der Waals surface area contributed by atoms with E-state index >= 15 is 0 Å². The minimum absolute atomic E-state index is 0.0397. The summed E-state index contributed by atoms with van der Waals surface area (Å²) >= 11 is 0. The molecule has 338 valence electrons. The van der Waals surface area contributed by atoms with E-state index in [1.54, 1.807) is 0 Å². The smallest absolute Gasteiger partial charge is 0.252 e. The van der Waals surface area contributed by atoms with E-state index in [2.05, 4.69) is 273 Å². The van der Waals surface area contributed by atoms with Crippen molar-refractivity contribution in [1.82, 2.24) is 9.13 Å². The summed E-state index contributed by atoms with van der Waals surface area (Å²) in [5.41, 5.74) is 22.3. The first-order chi connectivity index (χ1) is 36.2. The van der Waals surface area contributed by atoms with Crippen molar-refractivity contribution in [3.8, 4) is 33.6 Å². The van der Waals surface area contributed by atoms with E-state index in [9.17, 15) is 0 Å². The second-order valence-electron chi connectivity index (χ2n) is 19.1. The van der Waals surface area contributed by atoms with Gasteiger partial charge in [-0.15, -0.1) is 0 Å². The fourth-order valence-corrected chi connectivity index (χ4v) is 12.3. The summed E-state index contributed by atoms with van der Waals surface area (Å²) in [5, 5.41) is 4.73. The van der Waals surface area contributed by atoms with Gasteiger partial charge in [-0.2, -0.15) is 0 Å². The van der Waals surface area contributed by atoms with Crippen molar-refractivity contribution >= 4 is 107 Å². The predicted molar refractivity (Wildman–Crippen MR) is 306 cm³/mol.